The van der Waals surface area contributed by atoms with Crippen LogP contribution in [0.4, 0.5) is 5.69 Å². The number of nitrogens with zero attached hydrogens (tertiary/aromatic N) is 1. The summed E-state index contributed by atoms with van der Waals surface area (Å²) >= 11 is 5.66. The molecule has 5 heteroatoms. The molecule has 1 rings (SSSR count). The van der Waals surface area contributed by atoms with Crippen molar-refractivity contribution in [3.05, 3.63) is 29.8 Å². The zero-order valence-corrected chi connectivity index (χ0v) is 11.5. The number of benzene rings is 1. The fourth-order valence-corrected chi connectivity index (χ4v) is 1.60. The van der Waals surface area contributed by atoms with Crippen LogP contribution in [-0.4, -0.2) is 35.7 Å². The van der Waals surface area contributed by atoms with Crippen molar-refractivity contribution >= 4 is 29.1 Å². The normalized spacial score (nSPS) is 11.8. The molecule has 0 heterocycles. The standard InChI is InChI=1S/C13H17ClN2O2/c1-9-4-6-11(7-5-9)15-12(17)8-16(3)13(18)10(2)14/h4-7,10H,8H2,1-3H3,(H,15,17)/t10-/m1/s1. The molecule has 18 heavy (non-hydrogen) atoms. The molecule has 0 saturated carbocycles. The number of amides is 2. The molecule has 98 valence electrons. The first kappa shape index (κ1) is 14.5. The van der Waals surface area contributed by atoms with Crippen molar-refractivity contribution in [2.24, 2.45) is 0 Å². The third kappa shape index (κ3) is 4.37. The predicted molar refractivity (Wildman–Crippen MR) is 72.8 cm³/mol. The number of carbonyl (C=O) groups excluding carboxylic acids is 2. The Morgan fingerprint density at radius 3 is 2.39 bits per heavy atom. The van der Waals surface area contributed by atoms with Crippen LogP contribution in [0.25, 0.3) is 0 Å². The summed E-state index contributed by atoms with van der Waals surface area (Å²) in [4.78, 5) is 24.5. The van der Waals surface area contributed by atoms with E-state index < -0.39 is 5.38 Å². The molecule has 0 aliphatic rings. The highest BCUT2D eigenvalue weighted by atomic mass is 35.5. The minimum Gasteiger partial charge on any atom is -0.335 e. The number of carbonyl (C=O) groups is 2. The number of aryl methyl sites for hydroxylation is 1. The van der Waals surface area contributed by atoms with E-state index in [1.807, 2.05) is 31.2 Å². The minimum absolute atomic E-state index is 0.0101. The van der Waals surface area contributed by atoms with E-state index in [9.17, 15) is 9.59 Å². The highest BCUT2D eigenvalue weighted by Gasteiger charge is 2.17. The van der Waals surface area contributed by atoms with E-state index in [4.69, 9.17) is 11.6 Å². The second kappa shape index (κ2) is 6.40. The zero-order valence-electron chi connectivity index (χ0n) is 10.7. The first-order valence-corrected chi connectivity index (χ1v) is 6.09. The number of alkyl halides is 1. The molecule has 1 atom stereocenters. The summed E-state index contributed by atoms with van der Waals surface area (Å²) in [5.74, 6) is -0.511. The van der Waals surface area contributed by atoms with Gasteiger partial charge in [-0.3, -0.25) is 9.59 Å². The van der Waals surface area contributed by atoms with Crippen LogP contribution in [0.15, 0.2) is 24.3 Å². The molecular formula is C13H17ClN2O2. The smallest absolute Gasteiger partial charge is 0.243 e. The third-order valence-electron chi connectivity index (χ3n) is 2.43. The van der Waals surface area contributed by atoms with Gasteiger partial charge in [-0.25, -0.2) is 0 Å². The van der Waals surface area contributed by atoms with Gasteiger partial charge in [-0.05, 0) is 26.0 Å². The summed E-state index contributed by atoms with van der Waals surface area (Å²) in [5.41, 5.74) is 1.83. The molecule has 0 aromatic heterocycles. The van der Waals surface area contributed by atoms with E-state index in [-0.39, 0.29) is 18.4 Å². The second-order valence-corrected chi connectivity index (χ2v) is 4.88. The van der Waals surface area contributed by atoms with Crippen molar-refractivity contribution < 1.29 is 9.59 Å². The van der Waals surface area contributed by atoms with Gasteiger partial charge in [-0.2, -0.15) is 0 Å². The summed E-state index contributed by atoms with van der Waals surface area (Å²) in [6, 6.07) is 7.45. The van der Waals surface area contributed by atoms with Gasteiger partial charge in [-0.1, -0.05) is 17.7 Å². The number of rotatable bonds is 4. The van der Waals surface area contributed by atoms with Crippen molar-refractivity contribution in [3.63, 3.8) is 0 Å². The van der Waals surface area contributed by atoms with E-state index in [0.717, 1.165) is 5.56 Å². The Morgan fingerprint density at radius 2 is 1.89 bits per heavy atom. The van der Waals surface area contributed by atoms with Crippen LogP contribution < -0.4 is 5.32 Å². The van der Waals surface area contributed by atoms with Crippen molar-refractivity contribution in [1.82, 2.24) is 4.90 Å². The molecule has 1 aromatic rings. The zero-order chi connectivity index (χ0) is 13.7. The summed E-state index contributed by atoms with van der Waals surface area (Å²) in [6.07, 6.45) is 0. The molecule has 0 radical (unpaired) electrons. The molecule has 0 bridgehead atoms. The van der Waals surface area contributed by atoms with Crippen LogP contribution >= 0.6 is 11.6 Å². The van der Waals surface area contributed by atoms with Crippen molar-refractivity contribution in [2.45, 2.75) is 19.2 Å². The van der Waals surface area contributed by atoms with Gasteiger partial charge >= 0.3 is 0 Å². The molecule has 0 aliphatic carbocycles. The highest BCUT2D eigenvalue weighted by Crippen LogP contribution is 2.08. The Bertz CT molecular complexity index is 429. The van der Waals surface area contributed by atoms with Crippen molar-refractivity contribution in [3.8, 4) is 0 Å². The van der Waals surface area contributed by atoms with Gasteiger partial charge in [0.15, 0.2) is 0 Å². The fraction of sp³-hybridized carbons (Fsp3) is 0.385. The van der Waals surface area contributed by atoms with Gasteiger partial charge in [-0.15, -0.1) is 11.6 Å². The average molecular weight is 269 g/mol. The van der Waals surface area contributed by atoms with Crippen molar-refractivity contribution in [2.75, 3.05) is 18.9 Å². The topological polar surface area (TPSA) is 49.4 Å². The first-order chi connectivity index (χ1) is 8.40. The molecule has 2 amide bonds. The quantitative estimate of drug-likeness (QED) is 0.850. The number of halogens is 1. The van der Waals surface area contributed by atoms with E-state index in [1.165, 1.54) is 4.90 Å². The molecule has 1 aromatic carbocycles. The Hall–Kier alpha value is -1.55. The number of hydrogen-bond donors (Lipinski definition) is 1. The summed E-state index contributed by atoms with van der Waals surface area (Å²) in [6.45, 7) is 3.54. The van der Waals surface area contributed by atoms with Gasteiger partial charge in [0.05, 0.1) is 6.54 Å². The predicted octanol–water partition coefficient (Wildman–Crippen LogP) is 2.02. The molecule has 0 spiro atoms. The van der Waals surface area contributed by atoms with Crippen molar-refractivity contribution in [1.29, 1.82) is 0 Å². The molecule has 4 nitrogen and oxygen atoms in total. The third-order valence-corrected chi connectivity index (χ3v) is 2.62. The van der Waals surface area contributed by atoms with Crippen LogP contribution in [0.1, 0.15) is 12.5 Å². The molecule has 1 N–H and O–H groups in total. The van der Waals surface area contributed by atoms with Crippen LogP contribution in [0.2, 0.25) is 0 Å². The maximum Gasteiger partial charge on any atom is 0.243 e. The Morgan fingerprint density at radius 1 is 1.33 bits per heavy atom. The number of anilines is 1. The minimum atomic E-state index is -0.623. The number of likely N-dealkylation sites (N-methyl/N-ethyl adjacent to an activating group) is 1. The lowest BCUT2D eigenvalue weighted by molar-refractivity contribution is -0.132. The monoisotopic (exact) mass is 268 g/mol. The van der Waals surface area contributed by atoms with Gasteiger partial charge in [0.1, 0.15) is 5.38 Å². The van der Waals surface area contributed by atoms with E-state index in [1.54, 1.807) is 14.0 Å². The van der Waals surface area contributed by atoms with Crippen LogP contribution in [0, 0.1) is 6.92 Å². The Kier molecular flexibility index (Phi) is 5.16. The van der Waals surface area contributed by atoms with Gasteiger partial charge in [0.2, 0.25) is 11.8 Å². The maximum atomic E-state index is 11.7. The lowest BCUT2D eigenvalue weighted by Crippen LogP contribution is -2.38. The number of hydrogen-bond acceptors (Lipinski definition) is 2. The van der Waals surface area contributed by atoms with E-state index >= 15 is 0 Å². The summed E-state index contributed by atoms with van der Waals surface area (Å²) in [7, 11) is 1.55. The fourth-order valence-electron chi connectivity index (χ4n) is 1.43. The van der Waals surface area contributed by atoms with Crippen LogP contribution in [0.3, 0.4) is 0 Å². The van der Waals surface area contributed by atoms with Gasteiger partial charge < -0.3 is 10.2 Å². The first-order valence-electron chi connectivity index (χ1n) is 5.65. The molecule has 0 aliphatic heterocycles. The van der Waals surface area contributed by atoms with Gasteiger partial charge in [0, 0.05) is 12.7 Å². The second-order valence-electron chi connectivity index (χ2n) is 4.22. The largest absolute Gasteiger partial charge is 0.335 e. The summed E-state index contributed by atoms with van der Waals surface area (Å²) < 4.78 is 0. The molecular weight excluding hydrogens is 252 g/mol. The van der Waals surface area contributed by atoms with Crippen LogP contribution in [-0.2, 0) is 9.59 Å². The average Bonchev–Trinajstić information content (AvgIpc) is 2.30. The van der Waals surface area contributed by atoms with Gasteiger partial charge in [0.25, 0.3) is 0 Å². The molecule has 0 fully saturated rings. The SMILES string of the molecule is Cc1ccc(NC(=O)CN(C)C(=O)[C@@H](C)Cl)cc1. The number of nitrogens with one attached hydrogen (secondary N) is 1. The molecule has 0 unspecified atom stereocenters. The lowest BCUT2D eigenvalue weighted by atomic mass is 10.2. The lowest BCUT2D eigenvalue weighted by Gasteiger charge is -2.17. The Labute approximate surface area is 112 Å². The molecule has 0 saturated heterocycles. The Balaban J connectivity index is 2.51. The van der Waals surface area contributed by atoms with Crippen LogP contribution in [0.5, 0.6) is 0 Å². The highest BCUT2D eigenvalue weighted by molar-refractivity contribution is 6.30. The van der Waals surface area contributed by atoms with E-state index in [2.05, 4.69) is 5.32 Å². The van der Waals surface area contributed by atoms with E-state index in [0.29, 0.717) is 5.69 Å². The maximum absolute atomic E-state index is 11.7. The summed E-state index contributed by atoms with van der Waals surface area (Å²) in [5, 5.41) is 2.09.